The highest BCUT2D eigenvalue weighted by atomic mass is 16.3. The van der Waals surface area contributed by atoms with E-state index in [9.17, 15) is 0 Å². The second kappa shape index (κ2) is 5.98. The van der Waals surface area contributed by atoms with Gasteiger partial charge in [-0.2, -0.15) is 0 Å². The summed E-state index contributed by atoms with van der Waals surface area (Å²) in [6, 6.07) is 6.14. The van der Waals surface area contributed by atoms with E-state index in [0.29, 0.717) is 11.8 Å². The van der Waals surface area contributed by atoms with Crippen molar-refractivity contribution in [2.24, 2.45) is 11.7 Å². The second-order valence-corrected chi connectivity index (χ2v) is 4.84. The summed E-state index contributed by atoms with van der Waals surface area (Å²) in [4.78, 5) is 4.28. The Kier molecular flexibility index (Phi) is 4.33. The third-order valence-corrected chi connectivity index (χ3v) is 3.11. The maximum Gasteiger partial charge on any atom is 0.192 e. The zero-order valence-corrected chi connectivity index (χ0v) is 11.1. The Hall–Kier alpha value is -1.39. The molecular formula is C14H21N3O. The molecule has 0 aliphatic rings. The van der Waals surface area contributed by atoms with Crippen LogP contribution in [0.25, 0.3) is 11.1 Å². The molecule has 0 saturated carbocycles. The van der Waals surface area contributed by atoms with Crippen molar-refractivity contribution in [2.45, 2.75) is 26.8 Å². The Morgan fingerprint density at radius 1 is 1.44 bits per heavy atom. The molecule has 0 aliphatic carbocycles. The summed E-state index contributed by atoms with van der Waals surface area (Å²) in [6.45, 7) is 6.64. The van der Waals surface area contributed by atoms with Crippen LogP contribution >= 0.6 is 0 Å². The lowest BCUT2D eigenvalue weighted by Crippen LogP contribution is -2.20. The highest BCUT2D eigenvalue weighted by molar-refractivity contribution is 5.73. The first-order valence-corrected chi connectivity index (χ1v) is 6.46. The van der Waals surface area contributed by atoms with Gasteiger partial charge in [-0.05, 0) is 43.1 Å². The topological polar surface area (TPSA) is 64.1 Å². The molecule has 1 aromatic heterocycles. The number of aromatic nitrogens is 1. The molecule has 1 aromatic carbocycles. The van der Waals surface area contributed by atoms with Gasteiger partial charge in [0.05, 0.1) is 0 Å². The molecule has 1 atom stereocenters. The molecule has 0 fully saturated rings. The average molecular weight is 247 g/mol. The molecule has 0 saturated heterocycles. The molecule has 1 unspecified atom stereocenters. The molecule has 4 nitrogen and oxygen atoms in total. The molecule has 4 heteroatoms. The first-order chi connectivity index (χ1) is 8.69. The van der Waals surface area contributed by atoms with Crippen LogP contribution in [0.5, 0.6) is 0 Å². The molecule has 98 valence electrons. The maximum atomic E-state index is 5.58. The van der Waals surface area contributed by atoms with Crippen LogP contribution in [-0.2, 0) is 6.54 Å². The van der Waals surface area contributed by atoms with Gasteiger partial charge in [0.1, 0.15) is 5.52 Å². The summed E-state index contributed by atoms with van der Waals surface area (Å²) in [6.07, 6.45) is 1.11. The smallest absolute Gasteiger partial charge is 0.192 e. The number of nitrogens with zero attached hydrogens (tertiary/aromatic N) is 1. The van der Waals surface area contributed by atoms with Crippen molar-refractivity contribution >= 4 is 11.1 Å². The van der Waals surface area contributed by atoms with Crippen LogP contribution in [0.2, 0.25) is 0 Å². The quantitative estimate of drug-likeness (QED) is 0.768. The maximum absolute atomic E-state index is 5.58. The zero-order chi connectivity index (χ0) is 13.0. The SMILES string of the molecule is Cc1nc2ccc(CNCCC(C)CN)cc2o1. The van der Waals surface area contributed by atoms with E-state index in [4.69, 9.17) is 10.2 Å². The highest BCUT2D eigenvalue weighted by Crippen LogP contribution is 2.16. The molecule has 0 aliphatic heterocycles. The monoisotopic (exact) mass is 247 g/mol. The van der Waals surface area contributed by atoms with E-state index in [1.165, 1.54) is 5.56 Å². The highest BCUT2D eigenvalue weighted by Gasteiger charge is 2.03. The summed E-state index contributed by atoms with van der Waals surface area (Å²) >= 11 is 0. The third-order valence-electron chi connectivity index (χ3n) is 3.11. The van der Waals surface area contributed by atoms with Gasteiger partial charge in [-0.3, -0.25) is 0 Å². The number of aryl methyl sites for hydroxylation is 1. The van der Waals surface area contributed by atoms with Crippen molar-refractivity contribution in [1.82, 2.24) is 10.3 Å². The first kappa shape index (κ1) is 13.1. The van der Waals surface area contributed by atoms with E-state index in [-0.39, 0.29) is 0 Å². The number of fused-ring (bicyclic) bond motifs is 1. The predicted molar refractivity (Wildman–Crippen MR) is 73.3 cm³/mol. The molecule has 0 amide bonds. The minimum absolute atomic E-state index is 0.580. The van der Waals surface area contributed by atoms with Crippen molar-refractivity contribution in [1.29, 1.82) is 0 Å². The van der Waals surface area contributed by atoms with Gasteiger partial charge in [0, 0.05) is 13.5 Å². The largest absolute Gasteiger partial charge is 0.441 e. The third kappa shape index (κ3) is 3.31. The normalized spacial score (nSPS) is 13.1. The van der Waals surface area contributed by atoms with E-state index in [2.05, 4.69) is 29.4 Å². The average Bonchev–Trinajstić information content (AvgIpc) is 2.73. The standard InChI is InChI=1S/C14H21N3O/c1-10(8-15)5-6-16-9-12-3-4-13-14(7-12)18-11(2)17-13/h3-4,7,10,16H,5-6,8-9,15H2,1-2H3. The van der Waals surface area contributed by atoms with Crippen LogP contribution in [0.1, 0.15) is 24.8 Å². The van der Waals surface area contributed by atoms with Crippen LogP contribution in [-0.4, -0.2) is 18.1 Å². The fraction of sp³-hybridized carbons (Fsp3) is 0.500. The first-order valence-electron chi connectivity index (χ1n) is 6.46. The van der Waals surface area contributed by atoms with Gasteiger partial charge in [-0.1, -0.05) is 13.0 Å². The van der Waals surface area contributed by atoms with Gasteiger partial charge < -0.3 is 15.5 Å². The van der Waals surface area contributed by atoms with Crippen molar-refractivity contribution in [3.05, 3.63) is 29.7 Å². The summed E-state index contributed by atoms with van der Waals surface area (Å²) in [5.41, 5.74) is 8.59. The Morgan fingerprint density at radius 3 is 3.06 bits per heavy atom. The molecule has 0 radical (unpaired) electrons. The number of nitrogens with one attached hydrogen (secondary N) is 1. The molecular weight excluding hydrogens is 226 g/mol. The lowest BCUT2D eigenvalue weighted by Gasteiger charge is -2.09. The molecule has 0 bridgehead atoms. The predicted octanol–water partition coefficient (Wildman–Crippen LogP) is 2.21. The summed E-state index contributed by atoms with van der Waals surface area (Å²) in [7, 11) is 0. The summed E-state index contributed by atoms with van der Waals surface area (Å²) in [5.74, 6) is 1.30. The molecule has 18 heavy (non-hydrogen) atoms. The van der Waals surface area contributed by atoms with Gasteiger partial charge in [-0.15, -0.1) is 0 Å². The number of hydrogen-bond acceptors (Lipinski definition) is 4. The number of hydrogen-bond donors (Lipinski definition) is 2. The minimum atomic E-state index is 0.580. The van der Waals surface area contributed by atoms with Crippen LogP contribution < -0.4 is 11.1 Å². The van der Waals surface area contributed by atoms with Crippen LogP contribution in [0.3, 0.4) is 0 Å². The summed E-state index contributed by atoms with van der Waals surface area (Å²) in [5, 5.41) is 3.42. The van der Waals surface area contributed by atoms with Gasteiger partial charge in [-0.25, -0.2) is 4.98 Å². The van der Waals surface area contributed by atoms with E-state index in [1.807, 2.05) is 13.0 Å². The number of nitrogens with two attached hydrogens (primary N) is 1. The van der Waals surface area contributed by atoms with E-state index in [1.54, 1.807) is 0 Å². The van der Waals surface area contributed by atoms with Gasteiger partial charge in [0.15, 0.2) is 11.5 Å². The van der Waals surface area contributed by atoms with E-state index >= 15 is 0 Å². The van der Waals surface area contributed by atoms with E-state index in [0.717, 1.165) is 37.2 Å². The molecule has 0 spiro atoms. The Bertz CT molecular complexity index is 507. The Morgan fingerprint density at radius 2 is 2.28 bits per heavy atom. The van der Waals surface area contributed by atoms with Crippen molar-refractivity contribution in [3.8, 4) is 0 Å². The second-order valence-electron chi connectivity index (χ2n) is 4.84. The van der Waals surface area contributed by atoms with Crippen molar-refractivity contribution in [2.75, 3.05) is 13.1 Å². The minimum Gasteiger partial charge on any atom is -0.441 e. The molecule has 1 heterocycles. The molecule has 2 rings (SSSR count). The van der Waals surface area contributed by atoms with E-state index < -0.39 is 0 Å². The molecule has 2 aromatic rings. The lowest BCUT2D eigenvalue weighted by molar-refractivity contribution is 0.509. The molecule has 3 N–H and O–H groups in total. The van der Waals surface area contributed by atoms with Gasteiger partial charge in [0.25, 0.3) is 0 Å². The fourth-order valence-electron chi connectivity index (χ4n) is 1.89. The van der Waals surface area contributed by atoms with Crippen molar-refractivity contribution in [3.63, 3.8) is 0 Å². The van der Waals surface area contributed by atoms with Crippen LogP contribution in [0.15, 0.2) is 22.6 Å². The van der Waals surface area contributed by atoms with Crippen LogP contribution in [0, 0.1) is 12.8 Å². The van der Waals surface area contributed by atoms with Gasteiger partial charge >= 0.3 is 0 Å². The van der Waals surface area contributed by atoms with Gasteiger partial charge in [0.2, 0.25) is 0 Å². The Balaban J connectivity index is 1.87. The van der Waals surface area contributed by atoms with Crippen LogP contribution in [0.4, 0.5) is 0 Å². The number of rotatable bonds is 6. The number of oxazole rings is 1. The summed E-state index contributed by atoms with van der Waals surface area (Å²) < 4.78 is 5.52. The fourth-order valence-corrected chi connectivity index (χ4v) is 1.89. The lowest BCUT2D eigenvalue weighted by atomic mass is 10.1. The van der Waals surface area contributed by atoms with Crippen molar-refractivity contribution < 1.29 is 4.42 Å². The zero-order valence-electron chi connectivity index (χ0n) is 11.1. The number of benzene rings is 1. The Labute approximate surface area is 108 Å².